The monoisotopic (exact) mass is 422 g/mol. The summed E-state index contributed by atoms with van der Waals surface area (Å²) in [6, 6.07) is 11.5. The first-order valence-corrected chi connectivity index (χ1v) is 11.1. The van der Waals surface area contributed by atoms with E-state index in [-0.39, 0.29) is 24.7 Å². The van der Waals surface area contributed by atoms with Crippen molar-refractivity contribution in [1.82, 2.24) is 10.3 Å². The number of aromatic nitrogens is 1. The standard InChI is InChI=1S/C24H30N4O3/c1-18-10-12-27(13-11-18)22-7-6-19(16-25-22)17-26-23(29)8-9-24(30)28-14-15-31-21-5-3-2-4-20(21)28/h2-7,16,18H,8-15,17H2,1H3,(H,26,29). The predicted octanol–water partition coefficient (Wildman–Crippen LogP) is 3.14. The lowest BCUT2D eigenvalue weighted by Gasteiger charge is -2.31. The SMILES string of the molecule is CC1CCN(c2ccc(CNC(=O)CCC(=O)N3CCOc4ccccc43)cn2)CC1. The molecule has 1 fully saturated rings. The number of hydrogen-bond donors (Lipinski definition) is 1. The lowest BCUT2D eigenvalue weighted by molar-refractivity contribution is -0.125. The maximum absolute atomic E-state index is 12.6. The molecule has 2 aromatic rings. The maximum Gasteiger partial charge on any atom is 0.227 e. The van der Waals surface area contributed by atoms with Gasteiger partial charge in [-0.1, -0.05) is 25.1 Å². The Morgan fingerprint density at radius 3 is 2.68 bits per heavy atom. The van der Waals surface area contributed by atoms with Gasteiger partial charge in [0.25, 0.3) is 0 Å². The summed E-state index contributed by atoms with van der Waals surface area (Å²) < 4.78 is 5.59. The Bertz CT molecular complexity index is 907. The number of nitrogens with zero attached hydrogens (tertiary/aromatic N) is 3. The van der Waals surface area contributed by atoms with E-state index in [0.717, 1.165) is 36.1 Å². The van der Waals surface area contributed by atoms with E-state index in [1.54, 1.807) is 4.90 Å². The highest BCUT2D eigenvalue weighted by Gasteiger charge is 2.23. The van der Waals surface area contributed by atoms with Gasteiger partial charge < -0.3 is 19.9 Å². The number of benzene rings is 1. The van der Waals surface area contributed by atoms with E-state index in [1.165, 1.54) is 12.8 Å². The number of hydrogen-bond acceptors (Lipinski definition) is 5. The van der Waals surface area contributed by atoms with Crippen molar-refractivity contribution < 1.29 is 14.3 Å². The second-order valence-corrected chi connectivity index (χ2v) is 8.33. The highest BCUT2D eigenvalue weighted by Crippen LogP contribution is 2.31. The highest BCUT2D eigenvalue weighted by atomic mass is 16.5. The van der Waals surface area contributed by atoms with Crippen LogP contribution in [0.1, 0.15) is 38.2 Å². The number of fused-ring (bicyclic) bond motifs is 1. The number of rotatable bonds is 6. The van der Waals surface area contributed by atoms with Crippen molar-refractivity contribution in [2.45, 2.75) is 39.2 Å². The first-order valence-electron chi connectivity index (χ1n) is 11.1. The lowest BCUT2D eigenvalue weighted by Crippen LogP contribution is -2.38. The van der Waals surface area contributed by atoms with Crippen LogP contribution in [0.5, 0.6) is 5.75 Å². The van der Waals surface area contributed by atoms with E-state index in [0.29, 0.717) is 25.4 Å². The van der Waals surface area contributed by atoms with Gasteiger partial charge >= 0.3 is 0 Å². The van der Waals surface area contributed by atoms with E-state index in [1.807, 2.05) is 42.6 Å². The third-order valence-corrected chi connectivity index (χ3v) is 6.00. The molecule has 2 aliphatic rings. The van der Waals surface area contributed by atoms with Gasteiger partial charge in [0.2, 0.25) is 11.8 Å². The molecule has 0 saturated carbocycles. The van der Waals surface area contributed by atoms with Crippen LogP contribution in [0, 0.1) is 5.92 Å². The average Bonchev–Trinajstić information content (AvgIpc) is 2.81. The summed E-state index contributed by atoms with van der Waals surface area (Å²) in [5.41, 5.74) is 1.73. The molecular formula is C24H30N4O3. The number of amides is 2. The summed E-state index contributed by atoms with van der Waals surface area (Å²) >= 11 is 0. The minimum Gasteiger partial charge on any atom is -0.490 e. The maximum atomic E-state index is 12.6. The number of pyridine rings is 1. The van der Waals surface area contributed by atoms with Crippen LogP contribution in [0.4, 0.5) is 11.5 Å². The molecule has 3 heterocycles. The smallest absolute Gasteiger partial charge is 0.227 e. The second kappa shape index (κ2) is 9.81. The van der Waals surface area contributed by atoms with Crippen LogP contribution < -0.4 is 19.9 Å². The Balaban J connectivity index is 1.22. The Labute approximate surface area is 183 Å². The first kappa shape index (κ1) is 21.2. The van der Waals surface area contributed by atoms with Crippen LogP contribution in [0.2, 0.25) is 0 Å². The van der Waals surface area contributed by atoms with Gasteiger partial charge in [0, 0.05) is 38.7 Å². The van der Waals surface area contributed by atoms with Crippen LogP contribution in [0.25, 0.3) is 0 Å². The number of carbonyl (C=O) groups excluding carboxylic acids is 2. The molecule has 0 atom stereocenters. The second-order valence-electron chi connectivity index (χ2n) is 8.33. The van der Waals surface area contributed by atoms with Gasteiger partial charge in [-0.05, 0) is 42.5 Å². The number of para-hydroxylation sites is 2. The van der Waals surface area contributed by atoms with Gasteiger partial charge in [0.05, 0.1) is 12.2 Å². The van der Waals surface area contributed by atoms with Gasteiger partial charge in [-0.15, -0.1) is 0 Å². The quantitative estimate of drug-likeness (QED) is 0.774. The lowest BCUT2D eigenvalue weighted by atomic mass is 9.99. The number of piperidine rings is 1. The zero-order chi connectivity index (χ0) is 21.6. The van der Waals surface area contributed by atoms with Crippen LogP contribution in [-0.2, 0) is 16.1 Å². The molecule has 0 bridgehead atoms. The number of anilines is 2. The summed E-state index contributed by atoms with van der Waals surface area (Å²) in [6.07, 6.45) is 4.56. The minimum absolute atomic E-state index is 0.0623. The molecule has 7 nitrogen and oxygen atoms in total. The Morgan fingerprint density at radius 1 is 1.10 bits per heavy atom. The molecule has 0 radical (unpaired) electrons. The highest BCUT2D eigenvalue weighted by molar-refractivity contribution is 5.97. The molecule has 1 saturated heterocycles. The van der Waals surface area contributed by atoms with Crippen LogP contribution >= 0.6 is 0 Å². The van der Waals surface area contributed by atoms with E-state index in [9.17, 15) is 9.59 Å². The molecule has 7 heteroatoms. The minimum atomic E-state index is -0.135. The van der Waals surface area contributed by atoms with Crippen molar-refractivity contribution in [2.75, 3.05) is 36.0 Å². The van der Waals surface area contributed by atoms with Gasteiger partial charge in [-0.25, -0.2) is 4.98 Å². The molecule has 31 heavy (non-hydrogen) atoms. The fourth-order valence-corrected chi connectivity index (χ4v) is 4.02. The van der Waals surface area contributed by atoms with Gasteiger partial charge in [-0.3, -0.25) is 9.59 Å². The molecule has 0 spiro atoms. The molecule has 4 rings (SSSR count). The van der Waals surface area contributed by atoms with E-state index < -0.39 is 0 Å². The Kier molecular flexibility index (Phi) is 6.70. The van der Waals surface area contributed by atoms with Crippen molar-refractivity contribution in [3.8, 4) is 5.75 Å². The zero-order valence-electron chi connectivity index (χ0n) is 18.0. The van der Waals surface area contributed by atoms with Gasteiger partial charge in [0.1, 0.15) is 18.2 Å². The van der Waals surface area contributed by atoms with Crippen LogP contribution in [0.3, 0.4) is 0 Å². The Morgan fingerprint density at radius 2 is 1.90 bits per heavy atom. The zero-order valence-corrected chi connectivity index (χ0v) is 18.0. The molecule has 0 aliphatic carbocycles. The third-order valence-electron chi connectivity index (χ3n) is 6.00. The molecule has 1 aromatic carbocycles. The Hall–Kier alpha value is -3.09. The molecule has 2 aliphatic heterocycles. The van der Waals surface area contributed by atoms with Crippen molar-refractivity contribution in [3.63, 3.8) is 0 Å². The number of carbonyl (C=O) groups is 2. The molecule has 2 amide bonds. The molecule has 0 unspecified atom stereocenters. The summed E-state index contributed by atoms with van der Waals surface area (Å²) in [7, 11) is 0. The molecule has 1 N–H and O–H groups in total. The van der Waals surface area contributed by atoms with Gasteiger partial charge in [0.15, 0.2) is 0 Å². The largest absolute Gasteiger partial charge is 0.490 e. The van der Waals surface area contributed by atoms with Crippen LogP contribution in [-0.4, -0.2) is 43.0 Å². The van der Waals surface area contributed by atoms with Crippen molar-refractivity contribution in [3.05, 3.63) is 48.2 Å². The average molecular weight is 423 g/mol. The summed E-state index contributed by atoms with van der Waals surface area (Å²) in [5.74, 6) is 2.30. The first-order chi connectivity index (χ1) is 15.1. The fraction of sp³-hybridized carbons (Fsp3) is 0.458. The predicted molar refractivity (Wildman–Crippen MR) is 120 cm³/mol. The molecule has 164 valence electrons. The summed E-state index contributed by atoms with van der Waals surface area (Å²) in [6.45, 7) is 5.78. The summed E-state index contributed by atoms with van der Waals surface area (Å²) in [5, 5.41) is 2.89. The van der Waals surface area contributed by atoms with E-state index >= 15 is 0 Å². The summed E-state index contributed by atoms with van der Waals surface area (Å²) in [4.78, 5) is 33.5. The number of ether oxygens (including phenoxy) is 1. The third kappa shape index (κ3) is 5.34. The molecular weight excluding hydrogens is 392 g/mol. The van der Waals surface area contributed by atoms with E-state index in [4.69, 9.17) is 4.74 Å². The van der Waals surface area contributed by atoms with Gasteiger partial charge in [-0.2, -0.15) is 0 Å². The molecule has 1 aromatic heterocycles. The van der Waals surface area contributed by atoms with Crippen molar-refractivity contribution >= 4 is 23.3 Å². The fourth-order valence-electron chi connectivity index (χ4n) is 4.02. The number of nitrogens with one attached hydrogen (secondary N) is 1. The normalized spacial score (nSPS) is 16.4. The van der Waals surface area contributed by atoms with E-state index in [2.05, 4.69) is 22.1 Å². The topological polar surface area (TPSA) is 74.8 Å². The van der Waals surface area contributed by atoms with Crippen LogP contribution in [0.15, 0.2) is 42.6 Å². The van der Waals surface area contributed by atoms with Crippen molar-refractivity contribution in [1.29, 1.82) is 0 Å². The van der Waals surface area contributed by atoms with Crippen molar-refractivity contribution in [2.24, 2.45) is 5.92 Å².